The van der Waals surface area contributed by atoms with E-state index in [2.05, 4.69) is 20.2 Å². The van der Waals surface area contributed by atoms with Crippen LogP contribution in [0.25, 0.3) is 0 Å². The molecular weight excluding hydrogens is 450 g/mol. The first-order valence-corrected chi connectivity index (χ1v) is 12.3. The Morgan fingerprint density at radius 1 is 1.03 bits per heavy atom. The lowest BCUT2D eigenvalue weighted by molar-refractivity contribution is -0.128. The average molecular weight is 472 g/mol. The standard InChI is InChI=1S/C21H21N5O4S2/c27-18-11-6-12-26(18)14-17-10-5-4-9-16(17)13-22-32(29,30)21-25-24-20(31-21)23-19(28)15-7-2-1-3-8-15/h1-5,7-10,22H,6,11-14H2,(H,23,24,28). The fraction of sp³-hybridized carbons (Fsp3) is 0.238. The molecule has 2 aromatic carbocycles. The van der Waals surface area contributed by atoms with Crippen molar-refractivity contribution in [3.8, 4) is 0 Å². The molecule has 3 aromatic rings. The smallest absolute Gasteiger partial charge is 0.270 e. The molecule has 0 unspecified atom stereocenters. The van der Waals surface area contributed by atoms with Gasteiger partial charge in [-0.05, 0) is 29.7 Å². The van der Waals surface area contributed by atoms with Gasteiger partial charge in [-0.1, -0.05) is 53.8 Å². The number of nitrogens with zero attached hydrogens (tertiary/aromatic N) is 3. The third-order valence-electron chi connectivity index (χ3n) is 5.00. The van der Waals surface area contributed by atoms with E-state index in [1.165, 1.54) is 0 Å². The predicted molar refractivity (Wildman–Crippen MR) is 119 cm³/mol. The first-order valence-electron chi connectivity index (χ1n) is 9.96. The maximum Gasteiger partial charge on any atom is 0.270 e. The van der Waals surface area contributed by atoms with Crippen LogP contribution in [0.2, 0.25) is 0 Å². The summed E-state index contributed by atoms with van der Waals surface area (Å²) in [4.78, 5) is 25.9. The topological polar surface area (TPSA) is 121 Å². The highest BCUT2D eigenvalue weighted by Gasteiger charge is 2.23. The number of anilines is 1. The lowest BCUT2D eigenvalue weighted by Crippen LogP contribution is -2.27. The third kappa shape index (κ3) is 5.18. The largest absolute Gasteiger partial charge is 0.338 e. The molecule has 2 heterocycles. The molecule has 32 heavy (non-hydrogen) atoms. The van der Waals surface area contributed by atoms with Gasteiger partial charge in [0.05, 0.1) is 0 Å². The fourth-order valence-corrected chi connectivity index (χ4v) is 5.27. The molecule has 2 amide bonds. The van der Waals surface area contributed by atoms with Gasteiger partial charge in [0.1, 0.15) is 0 Å². The van der Waals surface area contributed by atoms with Crippen molar-refractivity contribution in [2.75, 3.05) is 11.9 Å². The number of rotatable bonds is 8. The number of hydrogen-bond donors (Lipinski definition) is 2. The molecule has 2 N–H and O–H groups in total. The van der Waals surface area contributed by atoms with Crippen LogP contribution in [-0.4, -0.2) is 41.9 Å². The Morgan fingerprint density at radius 2 is 1.75 bits per heavy atom. The molecule has 0 saturated carbocycles. The molecule has 11 heteroatoms. The zero-order valence-electron chi connectivity index (χ0n) is 17.0. The molecule has 0 atom stereocenters. The highest BCUT2D eigenvalue weighted by molar-refractivity contribution is 7.91. The molecule has 1 saturated heterocycles. The summed E-state index contributed by atoms with van der Waals surface area (Å²) < 4.78 is 27.7. The van der Waals surface area contributed by atoms with Crippen LogP contribution in [0, 0.1) is 0 Å². The second-order valence-electron chi connectivity index (χ2n) is 7.21. The molecule has 0 spiro atoms. The first-order chi connectivity index (χ1) is 15.4. The highest BCUT2D eigenvalue weighted by atomic mass is 32.2. The van der Waals surface area contributed by atoms with Gasteiger partial charge in [-0.2, -0.15) is 0 Å². The Balaban J connectivity index is 1.41. The van der Waals surface area contributed by atoms with Crippen molar-refractivity contribution in [3.05, 3.63) is 71.3 Å². The van der Waals surface area contributed by atoms with E-state index < -0.39 is 15.9 Å². The third-order valence-corrected chi connectivity index (χ3v) is 7.60. The minimum atomic E-state index is -3.93. The van der Waals surface area contributed by atoms with Crippen LogP contribution >= 0.6 is 11.3 Å². The van der Waals surface area contributed by atoms with E-state index in [-0.39, 0.29) is 21.9 Å². The van der Waals surface area contributed by atoms with E-state index in [4.69, 9.17) is 0 Å². The van der Waals surface area contributed by atoms with Crippen molar-refractivity contribution >= 4 is 38.3 Å². The van der Waals surface area contributed by atoms with Crippen molar-refractivity contribution in [3.63, 3.8) is 0 Å². The number of benzene rings is 2. The summed E-state index contributed by atoms with van der Waals surface area (Å²) in [7, 11) is -3.93. The molecule has 166 valence electrons. The fourth-order valence-electron chi connectivity index (χ4n) is 3.32. The molecule has 9 nitrogen and oxygen atoms in total. The number of amides is 2. The van der Waals surface area contributed by atoms with Crippen LogP contribution in [0.3, 0.4) is 0 Å². The van der Waals surface area contributed by atoms with E-state index in [1.54, 1.807) is 35.2 Å². The molecular formula is C21H21N5O4S2. The van der Waals surface area contributed by atoms with Gasteiger partial charge in [-0.25, -0.2) is 13.1 Å². The monoisotopic (exact) mass is 471 g/mol. The number of carbonyl (C=O) groups is 2. The Hall–Kier alpha value is -3.15. The predicted octanol–water partition coefficient (Wildman–Crippen LogP) is 2.39. The Labute approximate surface area is 189 Å². The summed E-state index contributed by atoms with van der Waals surface area (Å²) in [5.74, 6) is -0.289. The summed E-state index contributed by atoms with van der Waals surface area (Å²) >= 11 is 0.771. The van der Waals surface area contributed by atoms with Gasteiger partial charge in [0.25, 0.3) is 15.9 Å². The van der Waals surface area contributed by atoms with E-state index in [0.717, 1.165) is 28.9 Å². The molecule has 1 aliphatic rings. The van der Waals surface area contributed by atoms with Crippen LogP contribution in [0.15, 0.2) is 58.9 Å². The van der Waals surface area contributed by atoms with E-state index >= 15 is 0 Å². The van der Waals surface area contributed by atoms with E-state index in [1.807, 2.05) is 24.3 Å². The average Bonchev–Trinajstić information content (AvgIpc) is 3.43. The number of sulfonamides is 1. The van der Waals surface area contributed by atoms with Crippen LogP contribution in [0.4, 0.5) is 5.13 Å². The lowest BCUT2D eigenvalue weighted by Gasteiger charge is -2.18. The Morgan fingerprint density at radius 3 is 2.47 bits per heavy atom. The molecule has 0 aliphatic carbocycles. The summed E-state index contributed by atoms with van der Waals surface area (Å²) in [5, 5.41) is 10.1. The van der Waals surface area contributed by atoms with Crippen molar-refractivity contribution in [1.82, 2.24) is 19.8 Å². The van der Waals surface area contributed by atoms with Gasteiger partial charge in [0, 0.05) is 31.6 Å². The molecule has 4 rings (SSSR count). The van der Waals surface area contributed by atoms with Gasteiger partial charge in [-0.3, -0.25) is 14.9 Å². The summed E-state index contributed by atoms with van der Waals surface area (Å²) in [6.45, 7) is 1.21. The van der Waals surface area contributed by atoms with Gasteiger partial charge in [-0.15, -0.1) is 10.2 Å². The Bertz CT molecular complexity index is 1230. The number of aromatic nitrogens is 2. The quantitative estimate of drug-likeness (QED) is 0.487. The first kappa shape index (κ1) is 22.1. The van der Waals surface area contributed by atoms with Crippen molar-refractivity contribution < 1.29 is 18.0 Å². The summed E-state index contributed by atoms with van der Waals surface area (Å²) in [6.07, 6.45) is 1.39. The molecule has 1 fully saturated rings. The number of hydrogen-bond acceptors (Lipinski definition) is 7. The molecule has 0 bridgehead atoms. The molecule has 1 aliphatic heterocycles. The normalized spacial score (nSPS) is 14.0. The maximum atomic E-state index is 12.7. The highest BCUT2D eigenvalue weighted by Crippen LogP contribution is 2.22. The zero-order chi connectivity index (χ0) is 22.6. The van der Waals surface area contributed by atoms with E-state index in [9.17, 15) is 18.0 Å². The van der Waals surface area contributed by atoms with Crippen molar-refractivity contribution in [1.29, 1.82) is 0 Å². The molecule has 1 aromatic heterocycles. The van der Waals surface area contributed by atoms with E-state index in [0.29, 0.717) is 25.1 Å². The number of nitrogens with one attached hydrogen (secondary N) is 2. The second kappa shape index (κ2) is 9.55. The summed E-state index contributed by atoms with van der Waals surface area (Å²) in [6, 6.07) is 15.9. The zero-order valence-corrected chi connectivity index (χ0v) is 18.7. The number of likely N-dealkylation sites (tertiary alicyclic amines) is 1. The second-order valence-corrected chi connectivity index (χ2v) is 10.1. The minimum absolute atomic E-state index is 0.0474. The lowest BCUT2D eigenvalue weighted by atomic mass is 10.1. The Kier molecular flexibility index (Phi) is 6.58. The van der Waals surface area contributed by atoms with Crippen LogP contribution in [0.1, 0.15) is 34.3 Å². The summed E-state index contributed by atoms with van der Waals surface area (Å²) in [5.41, 5.74) is 2.09. The van der Waals surface area contributed by atoms with Gasteiger partial charge >= 0.3 is 0 Å². The SMILES string of the molecule is O=C(Nc1nnc(S(=O)(=O)NCc2ccccc2CN2CCCC2=O)s1)c1ccccc1. The maximum absolute atomic E-state index is 12.7. The van der Waals surface area contributed by atoms with Crippen molar-refractivity contribution in [2.45, 2.75) is 30.3 Å². The van der Waals surface area contributed by atoms with Gasteiger partial charge in [0.15, 0.2) is 0 Å². The van der Waals surface area contributed by atoms with Crippen LogP contribution in [0.5, 0.6) is 0 Å². The van der Waals surface area contributed by atoms with Gasteiger partial charge in [0.2, 0.25) is 15.4 Å². The van der Waals surface area contributed by atoms with Crippen molar-refractivity contribution in [2.24, 2.45) is 0 Å². The van der Waals surface area contributed by atoms with Crippen LogP contribution in [-0.2, 0) is 27.9 Å². The minimum Gasteiger partial charge on any atom is -0.338 e. The molecule has 0 radical (unpaired) electrons. The van der Waals surface area contributed by atoms with Crippen LogP contribution < -0.4 is 10.0 Å². The van der Waals surface area contributed by atoms with Gasteiger partial charge < -0.3 is 4.90 Å². The number of carbonyl (C=O) groups excluding carboxylic acids is 2.